The maximum absolute atomic E-state index is 12.8. The molecular formula is C26H21BrO7. The van der Waals surface area contributed by atoms with Crippen LogP contribution in [0.2, 0.25) is 0 Å². The first-order valence-electron chi connectivity index (χ1n) is 10.6. The van der Waals surface area contributed by atoms with Crippen molar-refractivity contribution in [3.05, 3.63) is 108 Å². The lowest BCUT2D eigenvalue weighted by molar-refractivity contribution is -0.0435. The first kappa shape index (κ1) is 23.7. The van der Waals surface area contributed by atoms with Gasteiger partial charge in [0, 0.05) is 0 Å². The Hall–Kier alpha value is -3.49. The molecule has 3 aromatic carbocycles. The van der Waals surface area contributed by atoms with Crippen LogP contribution in [0.4, 0.5) is 0 Å². The van der Waals surface area contributed by atoms with Gasteiger partial charge in [0.15, 0.2) is 17.2 Å². The van der Waals surface area contributed by atoms with Crippen LogP contribution >= 0.6 is 15.9 Å². The Bertz CT molecular complexity index is 1120. The molecule has 8 heteroatoms. The zero-order valence-corrected chi connectivity index (χ0v) is 19.5. The Morgan fingerprint density at radius 1 is 0.647 bits per heavy atom. The maximum atomic E-state index is 12.8. The van der Waals surface area contributed by atoms with Crippen LogP contribution in [0.15, 0.2) is 91.0 Å². The minimum Gasteiger partial charge on any atom is -0.459 e. The van der Waals surface area contributed by atoms with E-state index in [0.29, 0.717) is 16.7 Å². The Labute approximate surface area is 204 Å². The van der Waals surface area contributed by atoms with Gasteiger partial charge in [-0.25, -0.2) is 14.4 Å². The molecule has 1 fully saturated rings. The lowest BCUT2D eigenvalue weighted by atomic mass is 10.1. The maximum Gasteiger partial charge on any atom is 0.338 e. The molecular weight excluding hydrogens is 504 g/mol. The average Bonchev–Trinajstić information content (AvgIpc) is 3.17. The normalized spacial score (nSPS) is 21.4. The van der Waals surface area contributed by atoms with Crippen LogP contribution in [0.3, 0.4) is 0 Å². The number of alkyl halides is 1. The van der Waals surface area contributed by atoms with Crippen molar-refractivity contribution < 1.29 is 33.3 Å². The van der Waals surface area contributed by atoms with E-state index in [9.17, 15) is 14.4 Å². The van der Waals surface area contributed by atoms with E-state index in [1.807, 2.05) is 0 Å². The lowest BCUT2D eigenvalue weighted by Crippen LogP contribution is -2.41. The van der Waals surface area contributed by atoms with Gasteiger partial charge >= 0.3 is 17.9 Å². The molecule has 1 aliphatic rings. The predicted molar refractivity (Wildman–Crippen MR) is 126 cm³/mol. The third-order valence-corrected chi connectivity index (χ3v) is 5.88. The van der Waals surface area contributed by atoms with E-state index in [1.54, 1.807) is 91.0 Å². The molecule has 0 spiro atoms. The van der Waals surface area contributed by atoms with Crippen LogP contribution in [-0.2, 0) is 18.9 Å². The summed E-state index contributed by atoms with van der Waals surface area (Å²) < 4.78 is 22.6. The van der Waals surface area contributed by atoms with Crippen molar-refractivity contribution in [1.29, 1.82) is 0 Å². The van der Waals surface area contributed by atoms with Crippen LogP contribution in [0.25, 0.3) is 0 Å². The SMILES string of the molecule is O=C(OC[C@H]1OC(Br)[C@@H](OC(=O)c2ccccc2)[C@@H]1OC(=O)c1ccccc1)c1ccccc1. The van der Waals surface area contributed by atoms with E-state index in [2.05, 4.69) is 15.9 Å². The van der Waals surface area contributed by atoms with Gasteiger partial charge in [-0.05, 0) is 36.4 Å². The summed E-state index contributed by atoms with van der Waals surface area (Å²) in [4.78, 5) is 37.8. The third-order valence-electron chi connectivity index (χ3n) is 5.15. The first-order valence-corrected chi connectivity index (χ1v) is 11.5. The highest BCUT2D eigenvalue weighted by Crippen LogP contribution is 2.32. The van der Waals surface area contributed by atoms with Gasteiger partial charge in [0.1, 0.15) is 12.7 Å². The van der Waals surface area contributed by atoms with Crippen molar-refractivity contribution in [1.82, 2.24) is 0 Å². The number of carbonyl (C=O) groups excluding carboxylic acids is 3. The largest absolute Gasteiger partial charge is 0.459 e. The fraction of sp³-hybridized carbons (Fsp3) is 0.192. The second-order valence-electron chi connectivity index (χ2n) is 7.46. The zero-order valence-electron chi connectivity index (χ0n) is 17.9. The van der Waals surface area contributed by atoms with Crippen molar-refractivity contribution in [3.63, 3.8) is 0 Å². The number of esters is 3. The fourth-order valence-electron chi connectivity index (χ4n) is 3.43. The van der Waals surface area contributed by atoms with Crippen molar-refractivity contribution in [2.24, 2.45) is 0 Å². The smallest absolute Gasteiger partial charge is 0.338 e. The summed E-state index contributed by atoms with van der Waals surface area (Å²) in [5.41, 5.74) is 1.05. The van der Waals surface area contributed by atoms with Gasteiger partial charge in [-0.3, -0.25) is 0 Å². The monoisotopic (exact) mass is 524 g/mol. The molecule has 1 saturated heterocycles. The molecule has 0 bridgehead atoms. The van der Waals surface area contributed by atoms with Gasteiger partial charge in [0.25, 0.3) is 0 Å². The van der Waals surface area contributed by atoms with Gasteiger partial charge in [0.05, 0.1) is 16.7 Å². The minimum absolute atomic E-state index is 0.206. The average molecular weight is 525 g/mol. The summed E-state index contributed by atoms with van der Waals surface area (Å²) in [6.45, 7) is -0.206. The van der Waals surface area contributed by atoms with E-state index < -0.39 is 41.2 Å². The molecule has 0 amide bonds. The highest BCUT2D eigenvalue weighted by atomic mass is 79.9. The Balaban J connectivity index is 1.51. The number of hydrogen-bond donors (Lipinski definition) is 0. The van der Waals surface area contributed by atoms with E-state index in [1.165, 1.54) is 0 Å². The number of ether oxygens (including phenoxy) is 4. The van der Waals surface area contributed by atoms with Gasteiger partial charge in [-0.2, -0.15) is 0 Å². The summed E-state index contributed by atoms with van der Waals surface area (Å²) in [5, 5.41) is -0.783. The van der Waals surface area contributed by atoms with Gasteiger partial charge in [0.2, 0.25) is 0 Å². The number of hydrogen-bond acceptors (Lipinski definition) is 7. The highest BCUT2D eigenvalue weighted by Gasteiger charge is 2.49. The van der Waals surface area contributed by atoms with E-state index in [-0.39, 0.29) is 6.61 Å². The summed E-state index contributed by atoms with van der Waals surface area (Å²) in [5.74, 6) is -1.76. The van der Waals surface area contributed by atoms with E-state index in [0.717, 1.165) is 0 Å². The third kappa shape index (κ3) is 5.70. The minimum atomic E-state index is -1.02. The molecule has 174 valence electrons. The highest BCUT2D eigenvalue weighted by molar-refractivity contribution is 9.09. The van der Waals surface area contributed by atoms with E-state index >= 15 is 0 Å². The molecule has 0 saturated carbocycles. The molecule has 34 heavy (non-hydrogen) atoms. The summed E-state index contributed by atoms with van der Waals surface area (Å²) in [6, 6.07) is 25.4. The van der Waals surface area contributed by atoms with Gasteiger partial charge in [-0.1, -0.05) is 70.5 Å². The molecule has 0 N–H and O–H groups in total. The molecule has 4 rings (SSSR count). The number of halogens is 1. The standard InChI is InChI=1S/C26H21BrO7/c27-23-22(34-26(30)19-14-8-3-9-15-19)21(33-25(29)18-12-6-2-7-13-18)20(32-23)16-31-24(28)17-10-4-1-5-11-17/h1-15,20-23H,16H2/t20-,21-,22+,23?/m1/s1. The molecule has 4 atom stereocenters. The number of benzene rings is 3. The van der Waals surface area contributed by atoms with Gasteiger partial charge < -0.3 is 18.9 Å². The van der Waals surface area contributed by atoms with Crippen LogP contribution in [0.1, 0.15) is 31.1 Å². The molecule has 1 aliphatic heterocycles. The van der Waals surface area contributed by atoms with Crippen molar-refractivity contribution in [3.8, 4) is 0 Å². The fourth-order valence-corrected chi connectivity index (χ4v) is 4.11. The topological polar surface area (TPSA) is 88.1 Å². The molecule has 3 aromatic rings. The quantitative estimate of drug-likeness (QED) is 0.257. The van der Waals surface area contributed by atoms with Crippen LogP contribution in [0.5, 0.6) is 0 Å². The molecule has 0 radical (unpaired) electrons. The molecule has 1 heterocycles. The van der Waals surface area contributed by atoms with Crippen molar-refractivity contribution in [2.45, 2.75) is 23.3 Å². The molecule has 0 aromatic heterocycles. The lowest BCUT2D eigenvalue weighted by Gasteiger charge is -2.23. The van der Waals surface area contributed by atoms with Crippen molar-refractivity contribution in [2.75, 3.05) is 6.61 Å². The Morgan fingerprint density at radius 2 is 1.06 bits per heavy atom. The summed E-state index contributed by atoms with van der Waals surface area (Å²) in [7, 11) is 0. The Kier molecular flexibility index (Phi) is 7.72. The second-order valence-corrected chi connectivity index (χ2v) is 8.36. The van der Waals surface area contributed by atoms with Crippen LogP contribution in [0, 0.1) is 0 Å². The van der Waals surface area contributed by atoms with E-state index in [4.69, 9.17) is 18.9 Å². The Morgan fingerprint density at radius 3 is 1.53 bits per heavy atom. The second kappa shape index (κ2) is 11.1. The number of rotatable bonds is 7. The summed E-state index contributed by atoms with van der Waals surface area (Å²) in [6.07, 6.45) is -2.85. The van der Waals surface area contributed by atoms with Crippen LogP contribution < -0.4 is 0 Å². The van der Waals surface area contributed by atoms with Gasteiger partial charge in [-0.15, -0.1) is 0 Å². The molecule has 1 unspecified atom stereocenters. The van der Waals surface area contributed by atoms with Crippen LogP contribution in [-0.4, -0.2) is 47.8 Å². The summed E-state index contributed by atoms with van der Waals surface area (Å²) >= 11 is 3.35. The molecule has 7 nitrogen and oxygen atoms in total. The van der Waals surface area contributed by atoms with Crippen molar-refractivity contribution >= 4 is 33.8 Å². The number of carbonyl (C=O) groups is 3. The first-order chi connectivity index (χ1) is 16.5. The zero-order chi connectivity index (χ0) is 23.9. The molecule has 0 aliphatic carbocycles. The predicted octanol–water partition coefficient (Wildman–Crippen LogP) is 4.41.